The van der Waals surface area contributed by atoms with E-state index in [1.165, 1.54) is 0 Å². The van der Waals surface area contributed by atoms with Crippen LogP contribution in [0, 0.1) is 0 Å². The number of hydrogen-bond acceptors (Lipinski definition) is 0. The summed E-state index contributed by atoms with van der Waals surface area (Å²) in [4.78, 5) is 0. The second-order valence-corrected chi connectivity index (χ2v) is 4.02. The van der Waals surface area contributed by atoms with Crippen LogP contribution in [0.1, 0.15) is 0 Å². The van der Waals surface area contributed by atoms with Crippen LogP contribution in [-0.2, 0) is 0 Å². The Morgan fingerprint density at radius 1 is 1.17 bits per heavy atom. The van der Waals surface area contributed by atoms with Gasteiger partial charge in [0.15, 0.2) is 0 Å². The first-order chi connectivity index (χ1) is 2.00. The molecule has 0 aliphatic heterocycles. The first-order valence-electron chi connectivity index (χ1n) is 0.873. The van der Waals surface area contributed by atoms with Crippen LogP contribution < -0.4 is 18.9 Å². The maximum absolute atomic E-state index is 10.9. The first kappa shape index (κ1) is 10.5. The summed E-state index contributed by atoms with van der Waals surface area (Å²) in [5, 5.41) is 0. The van der Waals surface area contributed by atoms with Gasteiger partial charge in [0.2, 0.25) is 0 Å². The third-order valence-electron chi connectivity index (χ3n) is 0. The van der Waals surface area contributed by atoms with Crippen LogP contribution in [0.3, 0.4) is 0 Å². The smallest absolute Gasteiger partial charge is 0.458 e. The standard InChI is InChI=1S/BBr2F2.Li/c2-1(3,4)5;/q-1;+1. The predicted octanol–water partition coefficient (Wildman–Crippen LogP) is -0.845. The van der Waals surface area contributed by atoms with Crippen LogP contribution in [0.4, 0.5) is 8.63 Å². The summed E-state index contributed by atoms with van der Waals surface area (Å²) in [6, 6.07) is 0. The van der Waals surface area contributed by atoms with Crippen molar-refractivity contribution in [1.82, 2.24) is 0 Å². The van der Waals surface area contributed by atoms with Crippen molar-refractivity contribution in [2.24, 2.45) is 0 Å². The molecule has 6 heteroatoms. The minimum Gasteiger partial charge on any atom is -0.458 e. The van der Waals surface area contributed by atoms with Gasteiger partial charge in [-0.05, 0) is 0 Å². The first-order valence-corrected chi connectivity index (χ1v) is 2.70. The van der Waals surface area contributed by atoms with Crippen molar-refractivity contribution < 1.29 is 27.5 Å². The molecule has 0 aromatic heterocycles. The van der Waals surface area contributed by atoms with E-state index in [4.69, 9.17) is 0 Å². The Kier molecular flexibility index (Phi) is 6.07. The Morgan fingerprint density at radius 3 is 1.17 bits per heavy atom. The van der Waals surface area contributed by atoms with Gasteiger partial charge >= 0.3 is 23.2 Å². The summed E-state index contributed by atoms with van der Waals surface area (Å²) in [6.45, 7) is 0. The second kappa shape index (κ2) is 3.48. The molecule has 0 nitrogen and oxygen atoms in total. The number of rotatable bonds is 0. The van der Waals surface area contributed by atoms with Crippen LogP contribution in [-0.4, -0.2) is 4.35 Å². The maximum atomic E-state index is 10.9. The molecule has 0 amide bonds. The van der Waals surface area contributed by atoms with E-state index in [1.54, 1.807) is 0 Å². The van der Waals surface area contributed by atoms with Crippen molar-refractivity contribution in [2.45, 2.75) is 0 Å². The van der Waals surface area contributed by atoms with Crippen molar-refractivity contribution in [1.29, 1.82) is 0 Å². The molecule has 0 atom stereocenters. The van der Waals surface area contributed by atoms with Crippen molar-refractivity contribution in [3.05, 3.63) is 0 Å². The fourth-order valence-corrected chi connectivity index (χ4v) is 0. The van der Waals surface area contributed by atoms with E-state index in [9.17, 15) is 8.63 Å². The Hall–Kier alpha value is 1.48. The molecule has 0 N–H and O–H groups in total. The molecule has 0 saturated heterocycles. The maximum Gasteiger partial charge on any atom is 1.00 e. The van der Waals surface area contributed by atoms with Crippen molar-refractivity contribution >= 4 is 35.9 Å². The topological polar surface area (TPSA) is 0 Å². The molecule has 0 fully saturated rings. The Bertz CT molecular complexity index is 27.0. The molecule has 0 rings (SSSR count). The SMILES string of the molecule is F[B-](F)(Br)Br.[Li+]. The van der Waals surface area contributed by atoms with Gasteiger partial charge in [-0.3, -0.25) is 31.5 Å². The molecule has 0 heterocycles. The molecule has 0 aliphatic rings. The van der Waals surface area contributed by atoms with Gasteiger partial charge in [0.05, 0.1) is 0 Å². The third kappa shape index (κ3) is 50.1. The summed E-state index contributed by atoms with van der Waals surface area (Å²) in [7, 11) is 0. The van der Waals surface area contributed by atoms with Gasteiger partial charge < -0.3 is 8.63 Å². The molecular weight excluding hydrogens is 216 g/mol. The normalized spacial score (nSPS) is 10.0. The molecule has 0 radical (unpaired) electrons. The molecule has 0 aliphatic carbocycles. The molecule has 6 heavy (non-hydrogen) atoms. The van der Waals surface area contributed by atoms with Gasteiger partial charge in [0.25, 0.3) is 0 Å². The third-order valence-corrected chi connectivity index (χ3v) is 0. The van der Waals surface area contributed by atoms with Gasteiger partial charge in [0, 0.05) is 0 Å². The van der Waals surface area contributed by atoms with E-state index < -0.39 is 4.35 Å². The molecular formula is BBr2F2Li. The summed E-state index contributed by atoms with van der Waals surface area (Å²) < 4.78 is 18.5. The van der Waals surface area contributed by atoms with Gasteiger partial charge in [0.1, 0.15) is 0 Å². The van der Waals surface area contributed by atoms with Crippen LogP contribution in [0.25, 0.3) is 0 Å². The van der Waals surface area contributed by atoms with E-state index in [-0.39, 0.29) is 18.9 Å². The average Bonchev–Trinajstić information content (AvgIpc) is 0.722. The number of halogens is 4. The van der Waals surface area contributed by atoms with E-state index >= 15 is 0 Å². The summed E-state index contributed by atoms with van der Waals surface area (Å²) in [5.41, 5.74) is 0. The fraction of sp³-hybridized carbons (Fsp3) is 0. The monoisotopic (exact) mass is 214 g/mol. The van der Waals surface area contributed by atoms with E-state index in [2.05, 4.69) is 0 Å². The van der Waals surface area contributed by atoms with Crippen molar-refractivity contribution in [3.63, 3.8) is 0 Å². The van der Waals surface area contributed by atoms with Gasteiger partial charge in [-0.1, -0.05) is 0 Å². The van der Waals surface area contributed by atoms with Gasteiger partial charge in [-0.15, -0.1) is 0 Å². The molecule has 0 unspecified atom stereocenters. The fourth-order valence-electron chi connectivity index (χ4n) is 0. The molecule has 0 aromatic rings. The average molecular weight is 216 g/mol. The Morgan fingerprint density at radius 2 is 1.17 bits per heavy atom. The summed E-state index contributed by atoms with van der Waals surface area (Å²) >= 11 is 4.04. The largest absolute Gasteiger partial charge is 1.00 e. The number of hydrogen-bond donors (Lipinski definition) is 0. The van der Waals surface area contributed by atoms with Crippen LogP contribution in [0.5, 0.6) is 0 Å². The molecule has 32 valence electrons. The zero-order chi connectivity index (χ0) is 4.50. The van der Waals surface area contributed by atoms with Gasteiger partial charge in [-0.2, -0.15) is 0 Å². The minimum absolute atomic E-state index is 0. The van der Waals surface area contributed by atoms with Gasteiger partial charge in [-0.25, -0.2) is 0 Å². The quantitative estimate of drug-likeness (QED) is 0.462. The zero-order valence-electron chi connectivity index (χ0n) is 3.09. The Balaban J connectivity index is 0. The van der Waals surface area contributed by atoms with Crippen LogP contribution in [0.15, 0.2) is 0 Å². The predicted molar refractivity (Wildman–Crippen MR) is 25.8 cm³/mol. The van der Waals surface area contributed by atoms with Crippen LogP contribution in [0.2, 0.25) is 0 Å². The van der Waals surface area contributed by atoms with Crippen LogP contribution >= 0.6 is 31.5 Å². The molecule has 0 saturated carbocycles. The van der Waals surface area contributed by atoms with Crippen molar-refractivity contribution in [2.75, 3.05) is 0 Å². The molecule has 0 spiro atoms. The van der Waals surface area contributed by atoms with E-state index in [1.807, 2.05) is 31.5 Å². The zero-order valence-corrected chi connectivity index (χ0v) is 6.26. The van der Waals surface area contributed by atoms with E-state index in [0.29, 0.717) is 0 Å². The minimum atomic E-state index is -3.38. The summed E-state index contributed by atoms with van der Waals surface area (Å²) in [5.74, 6) is 0. The van der Waals surface area contributed by atoms with E-state index in [0.717, 1.165) is 0 Å². The Labute approximate surface area is 63.2 Å². The molecule has 0 bridgehead atoms. The van der Waals surface area contributed by atoms with Crippen molar-refractivity contribution in [3.8, 4) is 0 Å². The summed E-state index contributed by atoms with van der Waals surface area (Å²) in [6.07, 6.45) is 0. The molecule has 0 aromatic carbocycles. The second-order valence-electron chi connectivity index (χ2n) is 0.495.